The van der Waals surface area contributed by atoms with E-state index in [-0.39, 0.29) is 6.04 Å². The average molecular weight is 225 g/mol. The summed E-state index contributed by atoms with van der Waals surface area (Å²) in [6, 6.07) is 12.1. The maximum atomic E-state index is 6.12. The molecule has 3 nitrogen and oxygen atoms in total. The minimum Gasteiger partial charge on any atom is -0.321 e. The molecule has 3 heteroatoms. The second-order valence-electron chi connectivity index (χ2n) is 4.53. The molecule has 1 aromatic heterocycles. The molecule has 86 valence electrons. The van der Waals surface area contributed by atoms with Crippen molar-refractivity contribution in [1.29, 1.82) is 0 Å². The first kappa shape index (κ1) is 10.4. The second-order valence-corrected chi connectivity index (χ2v) is 4.53. The number of rotatable bonds is 3. The van der Waals surface area contributed by atoms with Crippen LogP contribution in [0.3, 0.4) is 0 Å². The van der Waals surface area contributed by atoms with Crippen LogP contribution in [0, 0.1) is 5.92 Å². The smallest absolute Gasteiger partial charge is 0.145 e. The van der Waals surface area contributed by atoms with E-state index in [0.717, 1.165) is 17.1 Å². The third kappa shape index (κ3) is 2.19. The van der Waals surface area contributed by atoms with E-state index >= 15 is 0 Å². The van der Waals surface area contributed by atoms with Gasteiger partial charge >= 0.3 is 0 Å². The van der Waals surface area contributed by atoms with Gasteiger partial charge in [-0.1, -0.05) is 30.3 Å². The van der Waals surface area contributed by atoms with E-state index in [1.54, 1.807) is 6.20 Å². The normalized spacial score (nSPS) is 16.8. The zero-order valence-corrected chi connectivity index (χ0v) is 9.58. The van der Waals surface area contributed by atoms with Crippen molar-refractivity contribution in [3.8, 4) is 11.3 Å². The predicted molar refractivity (Wildman–Crippen MR) is 67.1 cm³/mol. The van der Waals surface area contributed by atoms with Crippen molar-refractivity contribution in [2.45, 2.75) is 18.9 Å². The highest BCUT2D eigenvalue weighted by Gasteiger charge is 2.31. The molecule has 0 radical (unpaired) electrons. The van der Waals surface area contributed by atoms with Crippen LogP contribution in [0.1, 0.15) is 24.7 Å². The van der Waals surface area contributed by atoms with Gasteiger partial charge in [0.15, 0.2) is 0 Å². The number of benzene rings is 1. The van der Waals surface area contributed by atoms with Gasteiger partial charge in [0.25, 0.3) is 0 Å². The zero-order chi connectivity index (χ0) is 11.7. The molecule has 0 spiro atoms. The number of nitrogens with zero attached hydrogens (tertiary/aromatic N) is 2. The largest absolute Gasteiger partial charge is 0.321 e. The lowest BCUT2D eigenvalue weighted by Gasteiger charge is -2.09. The summed E-state index contributed by atoms with van der Waals surface area (Å²) in [6.45, 7) is 0. The molecule has 0 aliphatic heterocycles. The Morgan fingerprint density at radius 1 is 1.12 bits per heavy atom. The van der Waals surface area contributed by atoms with Gasteiger partial charge in [0.2, 0.25) is 0 Å². The molecule has 2 aromatic rings. The van der Waals surface area contributed by atoms with Crippen molar-refractivity contribution in [2.75, 3.05) is 0 Å². The minimum atomic E-state index is -0.00124. The Morgan fingerprint density at radius 3 is 2.59 bits per heavy atom. The van der Waals surface area contributed by atoms with E-state index < -0.39 is 0 Å². The Kier molecular flexibility index (Phi) is 2.61. The van der Waals surface area contributed by atoms with Crippen molar-refractivity contribution in [1.82, 2.24) is 9.97 Å². The monoisotopic (exact) mass is 225 g/mol. The molecule has 1 saturated carbocycles. The fourth-order valence-electron chi connectivity index (χ4n) is 1.97. The maximum absolute atomic E-state index is 6.12. The third-order valence-electron chi connectivity index (χ3n) is 3.17. The van der Waals surface area contributed by atoms with Crippen LogP contribution in [-0.2, 0) is 0 Å². The molecule has 2 N–H and O–H groups in total. The summed E-state index contributed by atoms with van der Waals surface area (Å²) in [5.41, 5.74) is 8.18. The lowest BCUT2D eigenvalue weighted by molar-refractivity contribution is 0.594. The Labute approximate surface area is 101 Å². The van der Waals surface area contributed by atoms with Crippen molar-refractivity contribution >= 4 is 0 Å². The quantitative estimate of drug-likeness (QED) is 0.873. The van der Waals surface area contributed by atoms with Crippen LogP contribution in [-0.4, -0.2) is 9.97 Å². The minimum absolute atomic E-state index is 0.00124. The molecule has 1 atom stereocenters. The second kappa shape index (κ2) is 4.26. The van der Waals surface area contributed by atoms with Crippen LogP contribution >= 0.6 is 0 Å². The molecule has 1 aliphatic rings. The van der Waals surface area contributed by atoms with Gasteiger partial charge in [0.05, 0.1) is 11.7 Å². The summed E-state index contributed by atoms with van der Waals surface area (Å²) >= 11 is 0. The number of hydrogen-bond acceptors (Lipinski definition) is 3. The molecule has 1 aliphatic carbocycles. The van der Waals surface area contributed by atoms with Crippen molar-refractivity contribution in [3.63, 3.8) is 0 Å². The summed E-state index contributed by atoms with van der Waals surface area (Å²) in [7, 11) is 0. The molecular weight excluding hydrogens is 210 g/mol. The molecule has 1 aromatic carbocycles. The Bertz CT molecular complexity index is 506. The van der Waals surface area contributed by atoms with E-state index in [4.69, 9.17) is 5.73 Å². The first-order valence-electron chi connectivity index (χ1n) is 5.98. The third-order valence-corrected chi connectivity index (χ3v) is 3.17. The van der Waals surface area contributed by atoms with Gasteiger partial charge < -0.3 is 5.73 Å². The summed E-state index contributed by atoms with van der Waals surface area (Å²) < 4.78 is 0. The first-order chi connectivity index (χ1) is 8.34. The average Bonchev–Trinajstić information content (AvgIpc) is 3.23. The SMILES string of the molecule is NC(c1nccc(-c2ccccc2)n1)C1CC1. The molecule has 1 unspecified atom stereocenters. The molecule has 17 heavy (non-hydrogen) atoms. The van der Waals surface area contributed by atoms with E-state index in [2.05, 4.69) is 22.1 Å². The topological polar surface area (TPSA) is 51.8 Å². The van der Waals surface area contributed by atoms with Crippen LogP contribution in [0.5, 0.6) is 0 Å². The van der Waals surface area contributed by atoms with Crippen molar-refractivity contribution < 1.29 is 0 Å². The van der Waals surface area contributed by atoms with Gasteiger partial charge in [-0.15, -0.1) is 0 Å². The predicted octanol–water partition coefficient (Wildman–Crippen LogP) is 2.55. The Balaban J connectivity index is 1.93. The molecule has 1 fully saturated rings. The zero-order valence-electron chi connectivity index (χ0n) is 9.58. The van der Waals surface area contributed by atoms with Gasteiger partial charge in [-0.25, -0.2) is 9.97 Å². The van der Waals surface area contributed by atoms with Gasteiger partial charge in [-0.2, -0.15) is 0 Å². The van der Waals surface area contributed by atoms with Gasteiger partial charge in [-0.3, -0.25) is 0 Å². The summed E-state index contributed by atoms with van der Waals surface area (Å²) in [5, 5.41) is 0. The molecular formula is C14H15N3. The standard InChI is InChI=1S/C14H15N3/c15-13(11-6-7-11)14-16-9-8-12(17-14)10-4-2-1-3-5-10/h1-5,8-9,11,13H,6-7,15H2. The van der Waals surface area contributed by atoms with E-state index in [1.807, 2.05) is 24.3 Å². The van der Waals surface area contributed by atoms with Crippen molar-refractivity contribution in [3.05, 3.63) is 48.4 Å². The number of nitrogens with two attached hydrogens (primary N) is 1. The van der Waals surface area contributed by atoms with Crippen LogP contribution in [0.25, 0.3) is 11.3 Å². The Morgan fingerprint density at radius 2 is 1.88 bits per heavy atom. The summed E-state index contributed by atoms with van der Waals surface area (Å²) in [5.74, 6) is 1.36. The maximum Gasteiger partial charge on any atom is 0.145 e. The molecule has 1 heterocycles. The van der Waals surface area contributed by atoms with Crippen LogP contribution in [0.4, 0.5) is 0 Å². The molecule has 3 rings (SSSR count). The van der Waals surface area contributed by atoms with Gasteiger partial charge in [0, 0.05) is 11.8 Å². The Hall–Kier alpha value is -1.74. The fraction of sp³-hybridized carbons (Fsp3) is 0.286. The van der Waals surface area contributed by atoms with E-state index in [9.17, 15) is 0 Å². The highest BCUT2D eigenvalue weighted by atomic mass is 14.9. The molecule has 0 bridgehead atoms. The fourth-order valence-corrected chi connectivity index (χ4v) is 1.97. The highest BCUT2D eigenvalue weighted by molar-refractivity contribution is 5.58. The number of aromatic nitrogens is 2. The van der Waals surface area contributed by atoms with Gasteiger partial charge in [-0.05, 0) is 24.8 Å². The highest BCUT2D eigenvalue weighted by Crippen LogP contribution is 2.38. The molecule has 0 saturated heterocycles. The lowest BCUT2D eigenvalue weighted by atomic mass is 10.1. The van der Waals surface area contributed by atoms with E-state index in [0.29, 0.717) is 5.92 Å². The van der Waals surface area contributed by atoms with Gasteiger partial charge in [0.1, 0.15) is 5.82 Å². The first-order valence-corrected chi connectivity index (χ1v) is 5.98. The lowest BCUT2D eigenvalue weighted by Crippen LogP contribution is -2.16. The van der Waals surface area contributed by atoms with Crippen LogP contribution in [0.15, 0.2) is 42.6 Å². The van der Waals surface area contributed by atoms with Crippen LogP contribution in [0.2, 0.25) is 0 Å². The number of hydrogen-bond donors (Lipinski definition) is 1. The summed E-state index contributed by atoms with van der Waals surface area (Å²) in [4.78, 5) is 8.86. The van der Waals surface area contributed by atoms with E-state index in [1.165, 1.54) is 12.8 Å². The molecule has 0 amide bonds. The summed E-state index contributed by atoms with van der Waals surface area (Å²) in [6.07, 6.45) is 4.22. The van der Waals surface area contributed by atoms with Crippen LogP contribution < -0.4 is 5.73 Å². The van der Waals surface area contributed by atoms with Crippen molar-refractivity contribution in [2.24, 2.45) is 11.7 Å².